The summed E-state index contributed by atoms with van der Waals surface area (Å²) in [5.41, 5.74) is 6.78. The highest BCUT2D eigenvalue weighted by Gasteiger charge is 2.24. The van der Waals surface area contributed by atoms with Crippen LogP contribution in [0.3, 0.4) is 0 Å². The molecule has 106 valence electrons. The molecule has 0 unspecified atom stereocenters. The number of nitrogens with zero attached hydrogens (tertiary/aromatic N) is 1. The predicted octanol–water partition coefficient (Wildman–Crippen LogP) is 0.344. The number of carbonyl (C=O) groups excluding carboxylic acids is 1. The summed E-state index contributed by atoms with van der Waals surface area (Å²) in [7, 11) is 0. The van der Waals surface area contributed by atoms with E-state index in [1.54, 1.807) is 0 Å². The van der Waals surface area contributed by atoms with Crippen molar-refractivity contribution in [2.24, 2.45) is 11.7 Å². The van der Waals surface area contributed by atoms with Crippen molar-refractivity contribution in [1.82, 2.24) is 15.2 Å². The van der Waals surface area contributed by atoms with Gasteiger partial charge >= 0.3 is 0 Å². The molecule has 1 aliphatic rings. The van der Waals surface area contributed by atoms with Crippen molar-refractivity contribution in [2.45, 2.75) is 19.3 Å². The third-order valence-corrected chi connectivity index (χ3v) is 3.78. The fourth-order valence-electron chi connectivity index (χ4n) is 2.59. The third kappa shape index (κ3) is 4.36. The number of amides is 1. The summed E-state index contributed by atoms with van der Waals surface area (Å²) in [5.74, 6) is 0.392. The van der Waals surface area contributed by atoms with E-state index in [0.717, 1.165) is 45.4 Å². The summed E-state index contributed by atoms with van der Waals surface area (Å²) in [5, 5.41) is 3.04. The Labute approximate surface area is 114 Å². The fourth-order valence-corrected chi connectivity index (χ4v) is 2.59. The van der Waals surface area contributed by atoms with Gasteiger partial charge < -0.3 is 20.9 Å². The molecule has 0 atom stereocenters. The van der Waals surface area contributed by atoms with Crippen LogP contribution in [0.4, 0.5) is 0 Å². The van der Waals surface area contributed by atoms with Crippen molar-refractivity contribution in [3.05, 3.63) is 24.0 Å². The highest BCUT2D eigenvalue weighted by atomic mass is 16.1. The lowest BCUT2D eigenvalue weighted by Crippen LogP contribution is -2.42. The molecule has 2 rings (SSSR count). The molecule has 1 saturated heterocycles. The Kier molecular flexibility index (Phi) is 5.42. The van der Waals surface area contributed by atoms with Gasteiger partial charge in [0.05, 0.1) is 0 Å². The topological polar surface area (TPSA) is 74.2 Å². The Hall–Kier alpha value is -1.33. The zero-order valence-electron chi connectivity index (χ0n) is 11.4. The molecule has 1 amide bonds. The third-order valence-electron chi connectivity index (χ3n) is 3.78. The van der Waals surface area contributed by atoms with Crippen LogP contribution in [0.15, 0.2) is 18.5 Å². The normalized spacial score (nSPS) is 17.5. The van der Waals surface area contributed by atoms with Crippen LogP contribution in [-0.4, -0.2) is 48.5 Å². The number of hydrogen-bond acceptors (Lipinski definition) is 3. The molecule has 5 nitrogen and oxygen atoms in total. The Morgan fingerprint density at radius 2 is 2.26 bits per heavy atom. The summed E-state index contributed by atoms with van der Waals surface area (Å²) in [6, 6.07) is 2.04. The van der Waals surface area contributed by atoms with Crippen LogP contribution in [0.1, 0.15) is 18.4 Å². The summed E-state index contributed by atoms with van der Waals surface area (Å²) in [6.45, 7) is 4.36. The van der Waals surface area contributed by atoms with E-state index in [1.165, 1.54) is 5.56 Å². The molecule has 1 aromatic rings. The van der Waals surface area contributed by atoms with Gasteiger partial charge in [-0.1, -0.05) is 0 Å². The lowest BCUT2D eigenvalue weighted by atomic mass is 9.96. The largest absolute Gasteiger partial charge is 0.367 e. The average molecular weight is 264 g/mol. The van der Waals surface area contributed by atoms with E-state index in [-0.39, 0.29) is 11.8 Å². The van der Waals surface area contributed by atoms with Crippen LogP contribution in [0.25, 0.3) is 0 Å². The maximum absolute atomic E-state index is 12.0. The molecule has 0 aromatic carbocycles. The Morgan fingerprint density at radius 1 is 1.47 bits per heavy atom. The Morgan fingerprint density at radius 3 is 2.89 bits per heavy atom. The Bertz CT molecular complexity index is 369. The molecular weight excluding hydrogens is 240 g/mol. The van der Waals surface area contributed by atoms with E-state index in [1.807, 2.05) is 18.5 Å². The highest BCUT2D eigenvalue weighted by molar-refractivity contribution is 5.78. The molecule has 0 spiro atoms. The Balaban J connectivity index is 1.64. The van der Waals surface area contributed by atoms with Gasteiger partial charge in [0.2, 0.25) is 5.91 Å². The first-order chi connectivity index (χ1) is 9.29. The summed E-state index contributed by atoms with van der Waals surface area (Å²) in [6.07, 6.45) is 6.68. The van der Waals surface area contributed by atoms with Gasteiger partial charge in [-0.3, -0.25) is 4.79 Å². The van der Waals surface area contributed by atoms with Crippen LogP contribution in [-0.2, 0) is 11.2 Å². The van der Waals surface area contributed by atoms with E-state index in [2.05, 4.69) is 15.2 Å². The molecule has 19 heavy (non-hydrogen) atoms. The van der Waals surface area contributed by atoms with Gasteiger partial charge in [-0.25, -0.2) is 0 Å². The summed E-state index contributed by atoms with van der Waals surface area (Å²) in [4.78, 5) is 17.4. The number of hydrogen-bond donors (Lipinski definition) is 3. The van der Waals surface area contributed by atoms with E-state index < -0.39 is 0 Å². The number of carbonyl (C=O) groups is 1. The maximum atomic E-state index is 12.0. The smallest absolute Gasteiger partial charge is 0.223 e. The minimum Gasteiger partial charge on any atom is -0.367 e. The molecule has 0 saturated carbocycles. The molecule has 1 fully saturated rings. The van der Waals surface area contributed by atoms with E-state index >= 15 is 0 Å². The van der Waals surface area contributed by atoms with Crippen LogP contribution >= 0.6 is 0 Å². The maximum Gasteiger partial charge on any atom is 0.223 e. The van der Waals surface area contributed by atoms with Gasteiger partial charge in [-0.2, -0.15) is 0 Å². The predicted molar refractivity (Wildman–Crippen MR) is 75.7 cm³/mol. The van der Waals surface area contributed by atoms with Crippen molar-refractivity contribution in [3.63, 3.8) is 0 Å². The zero-order chi connectivity index (χ0) is 13.5. The van der Waals surface area contributed by atoms with Gasteiger partial charge in [-0.05, 0) is 44.0 Å². The van der Waals surface area contributed by atoms with Gasteiger partial charge in [0.25, 0.3) is 0 Å². The molecule has 4 N–H and O–H groups in total. The van der Waals surface area contributed by atoms with Gasteiger partial charge in [0.15, 0.2) is 0 Å². The number of aromatic nitrogens is 1. The van der Waals surface area contributed by atoms with Gasteiger partial charge in [-0.15, -0.1) is 0 Å². The second kappa shape index (κ2) is 7.31. The van der Waals surface area contributed by atoms with Gasteiger partial charge in [0, 0.05) is 37.9 Å². The highest BCUT2D eigenvalue weighted by Crippen LogP contribution is 2.16. The van der Waals surface area contributed by atoms with Crippen molar-refractivity contribution in [1.29, 1.82) is 0 Å². The molecular formula is C14H24N4O. The molecule has 5 heteroatoms. The molecule has 0 radical (unpaired) electrons. The number of nitrogens with two attached hydrogens (primary N) is 1. The molecule has 1 aliphatic heterocycles. The molecule has 2 heterocycles. The van der Waals surface area contributed by atoms with Crippen molar-refractivity contribution < 1.29 is 4.79 Å². The first-order valence-electron chi connectivity index (χ1n) is 7.11. The summed E-state index contributed by atoms with van der Waals surface area (Å²) < 4.78 is 0. The van der Waals surface area contributed by atoms with Crippen molar-refractivity contribution in [2.75, 3.05) is 32.7 Å². The quantitative estimate of drug-likeness (QED) is 0.694. The lowest BCUT2D eigenvalue weighted by molar-refractivity contribution is -0.126. The van der Waals surface area contributed by atoms with Gasteiger partial charge in [0.1, 0.15) is 0 Å². The second-order valence-corrected chi connectivity index (χ2v) is 5.16. The lowest BCUT2D eigenvalue weighted by Gasteiger charge is -2.30. The molecule has 0 bridgehead atoms. The van der Waals surface area contributed by atoms with Crippen LogP contribution in [0.5, 0.6) is 0 Å². The molecule has 0 aliphatic carbocycles. The minimum absolute atomic E-state index is 0.181. The number of piperidine rings is 1. The number of aromatic amines is 1. The van der Waals surface area contributed by atoms with Crippen LogP contribution in [0, 0.1) is 5.92 Å². The number of nitrogens with one attached hydrogen (secondary N) is 2. The minimum atomic E-state index is 0.181. The van der Waals surface area contributed by atoms with Crippen LogP contribution in [0.2, 0.25) is 0 Å². The van der Waals surface area contributed by atoms with E-state index in [9.17, 15) is 4.79 Å². The zero-order valence-corrected chi connectivity index (χ0v) is 11.4. The van der Waals surface area contributed by atoms with Crippen LogP contribution < -0.4 is 11.1 Å². The first-order valence-corrected chi connectivity index (χ1v) is 7.11. The number of rotatable bonds is 6. The monoisotopic (exact) mass is 264 g/mol. The average Bonchev–Trinajstić information content (AvgIpc) is 2.93. The summed E-state index contributed by atoms with van der Waals surface area (Å²) >= 11 is 0. The van der Waals surface area contributed by atoms with Crippen molar-refractivity contribution >= 4 is 5.91 Å². The standard InChI is InChI=1S/C14H24N4O/c15-5-10-18-8-3-13(4-9-18)14(19)17-7-2-12-1-6-16-11-12/h1,6,11,13,16H,2-5,7-10,15H2,(H,17,19). The second-order valence-electron chi connectivity index (χ2n) is 5.16. The fraction of sp³-hybridized carbons (Fsp3) is 0.643. The molecule has 1 aromatic heterocycles. The first kappa shape index (κ1) is 14.1. The SMILES string of the molecule is NCCN1CCC(C(=O)NCCc2cc[nH]c2)CC1. The number of likely N-dealkylation sites (tertiary alicyclic amines) is 1. The van der Waals surface area contributed by atoms with E-state index in [4.69, 9.17) is 5.73 Å². The van der Waals surface area contributed by atoms with Crippen molar-refractivity contribution in [3.8, 4) is 0 Å². The number of H-pyrrole nitrogens is 1. The van der Waals surface area contributed by atoms with E-state index in [0.29, 0.717) is 6.54 Å².